The normalized spacial score (nSPS) is 19.6. The van der Waals surface area contributed by atoms with Gasteiger partial charge in [0.2, 0.25) is 0 Å². The quantitative estimate of drug-likeness (QED) is 0.359. The van der Waals surface area contributed by atoms with Crippen molar-refractivity contribution in [2.75, 3.05) is 6.54 Å². The Morgan fingerprint density at radius 1 is 0.925 bits per heavy atom. The minimum Gasteiger partial charge on any atom is -0.537 e. The Kier molecular flexibility index (Phi) is 8.24. The number of hydrogen-bond donors (Lipinski definition) is 0. The molecule has 0 radical (unpaired) electrons. The Balaban J connectivity index is 1.71. The molecule has 40 heavy (non-hydrogen) atoms. The van der Waals surface area contributed by atoms with Gasteiger partial charge in [-0.15, -0.1) is 0 Å². The van der Waals surface area contributed by atoms with Crippen LogP contribution in [0.3, 0.4) is 0 Å². The Bertz CT molecular complexity index is 1240. The molecule has 0 fully saturated rings. The summed E-state index contributed by atoms with van der Waals surface area (Å²) in [6.45, 7) is 17.2. The molecule has 0 bridgehead atoms. The summed E-state index contributed by atoms with van der Waals surface area (Å²) < 4.78 is 13.1. The lowest BCUT2D eigenvalue weighted by Crippen LogP contribution is -2.67. The van der Waals surface area contributed by atoms with Gasteiger partial charge >= 0.3 is 14.4 Å². The average Bonchev–Trinajstić information content (AvgIpc) is 3.34. The topological polar surface area (TPSA) is 55.8 Å². The minimum absolute atomic E-state index is 0.178. The van der Waals surface area contributed by atoms with E-state index in [0.29, 0.717) is 19.4 Å². The summed E-state index contributed by atoms with van der Waals surface area (Å²) in [5, 5.41) is 2.22. The lowest BCUT2D eigenvalue weighted by atomic mass is 9.69. The first-order chi connectivity index (χ1) is 18.7. The maximum absolute atomic E-state index is 13.5. The van der Waals surface area contributed by atoms with Crippen LogP contribution in [0.4, 0.5) is 4.79 Å². The number of hydrogen-bond acceptors (Lipinski definition) is 4. The molecule has 1 aliphatic heterocycles. The summed E-state index contributed by atoms with van der Waals surface area (Å²) in [6, 6.07) is 21.2. The highest BCUT2D eigenvalue weighted by molar-refractivity contribution is 6.99. The Morgan fingerprint density at radius 2 is 1.48 bits per heavy atom. The van der Waals surface area contributed by atoms with Crippen molar-refractivity contribution in [3.05, 3.63) is 84.3 Å². The second kappa shape index (κ2) is 11.0. The van der Waals surface area contributed by atoms with Crippen LogP contribution in [0.5, 0.6) is 0 Å². The number of amides is 1. The molecule has 0 spiro atoms. The maximum atomic E-state index is 13.5. The first kappa shape index (κ1) is 29.8. The number of nitrogens with zero attached hydrogens (tertiary/aromatic N) is 1. The van der Waals surface area contributed by atoms with Crippen LogP contribution >= 0.6 is 0 Å². The Labute approximate surface area is 241 Å². The van der Waals surface area contributed by atoms with Gasteiger partial charge in [0.15, 0.2) is 0 Å². The summed E-state index contributed by atoms with van der Waals surface area (Å²) in [7, 11) is -2.86. The summed E-state index contributed by atoms with van der Waals surface area (Å²) in [6.07, 6.45) is 5.29. The highest BCUT2D eigenvalue weighted by Crippen LogP contribution is 2.48. The number of carbonyl (C=O) groups excluding carboxylic acids is 2. The molecule has 0 unspecified atom stereocenters. The lowest BCUT2D eigenvalue weighted by molar-refractivity contribution is -0.126. The SMILES string of the molecule is CC(C)(C)OC(=O)N1CCC=C1C[C@@H]1C(=O)CC=C(O[Si](c2ccccc2)(c2ccccc2)C(C)(C)C)C1(C)C. The standard InChI is InChI=1S/C34H45NO4Si/c1-32(2,3)38-31(37)35-23-15-16-25(35)24-28-29(36)21-22-30(34(28,7)8)39-40(33(4,5)6,26-17-11-9-12-18-26)27-19-13-10-14-20-27/h9-14,16-20,22,28H,15,21,23-24H2,1-8H3/t28-/m1/s1. The summed E-state index contributed by atoms with van der Waals surface area (Å²) >= 11 is 0. The molecular weight excluding hydrogens is 514 g/mol. The van der Waals surface area contributed by atoms with Crippen LogP contribution in [-0.2, 0) is 14.0 Å². The number of ether oxygens (including phenoxy) is 1. The van der Waals surface area contributed by atoms with E-state index in [2.05, 4.69) is 89.2 Å². The third kappa shape index (κ3) is 5.83. The van der Waals surface area contributed by atoms with Gasteiger partial charge in [-0.2, -0.15) is 0 Å². The van der Waals surface area contributed by atoms with Gasteiger partial charge in [-0.3, -0.25) is 9.69 Å². The zero-order valence-electron chi connectivity index (χ0n) is 25.4. The average molecular weight is 560 g/mol. The summed E-state index contributed by atoms with van der Waals surface area (Å²) in [5.74, 6) is 0.727. The van der Waals surface area contributed by atoms with Gasteiger partial charge in [0.25, 0.3) is 0 Å². The highest BCUT2D eigenvalue weighted by atomic mass is 28.4. The molecule has 1 aliphatic carbocycles. The predicted octanol–water partition coefficient (Wildman–Crippen LogP) is 6.98. The second-order valence-corrected chi connectivity index (χ2v) is 17.8. The maximum Gasteiger partial charge on any atom is 0.414 e. The monoisotopic (exact) mass is 559 g/mol. The van der Waals surface area contributed by atoms with Gasteiger partial charge in [-0.25, -0.2) is 4.79 Å². The molecule has 4 rings (SSSR count). The van der Waals surface area contributed by atoms with Gasteiger partial charge < -0.3 is 9.16 Å². The van der Waals surface area contributed by atoms with Gasteiger partial charge in [0.05, 0.1) is 5.76 Å². The van der Waals surface area contributed by atoms with Crippen molar-refractivity contribution < 1.29 is 18.8 Å². The largest absolute Gasteiger partial charge is 0.537 e. The molecule has 2 aromatic rings. The van der Waals surface area contributed by atoms with Crippen molar-refractivity contribution in [3.8, 4) is 0 Å². The molecule has 2 aliphatic rings. The fraction of sp³-hybridized carbons (Fsp3) is 0.471. The van der Waals surface area contributed by atoms with E-state index in [1.807, 2.05) is 39.0 Å². The van der Waals surface area contributed by atoms with Crippen molar-refractivity contribution in [3.63, 3.8) is 0 Å². The third-order valence-electron chi connectivity index (χ3n) is 8.17. The van der Waals surface area contributed by atoms with E-state index >= 15 is 0 Å². The van der Waals surface area contributed by atoms with E-state index in [9.17, 15) is 9.59 Å². The van der Waals surface area contributed by atoms with Crippen LogP contribution in [0.1, 0.15) is 74.7 Å². The molecule has 0 N–H and O–H groups in total. The van der Waals surface area contributed by atoms with Crippen LogP contribution < -0.4 is 10.4 Å². The smallest absolute Gasteiger partial charge is 0.414 e. The Hall–Kier alpha value is -3.12. The number of Topliss-reactive ketones (excluding diaryl/α,β-unsaturated/α-hetero) is 1. The first-order valence-corrected chi connectivity index (χ1v) is 16.3. The van der Waals surface area contributed by atoms with Gasteiger partial charge in [-0.1, -0.05) is 101 Å². The molecule has 5 nitrogen and oxygen atoms in total. The van der Waals surface area contributed by atoms with E-state index in [0.717, 1.165) is 17.9 Å². The molecule has 1 heterocycles. The summed E-state index contributed by atoms with van der Waals surface area (Å²) in [5.41, 5.74) is -0.275. The van der Waals surface area contributed by atoms with Crippen molar-refractivity contribution in [2.45, 2.75) is 85.3 Å². The van der Waals surface area contributed by atoms with Crippen LogP contribution in [0.15, 0.2) is 84.3 Å². The number of benzene rings is 2. The fourth-order valence-corrected chi connectivity index (χ4v) is 10.7. The molecule has 6 heteroatoms. The predicted molar refractivity (Wildman–Crippen MR) is 164 cm³/mol. The molecule has 0 aromatic heterocycles. The van der Waals surface area contributed by atoms with Crippen molar-refractivity contribution in [1.82, 2.24) is 4.90 Å². The van der Waals surface area contributed by atoms with E-state index < -0.39 is 19.3 Å². The van der Waals surface area contributed by atoms with Crippen LogP contribution in [0, 0.1) is 11.3 Å². The molecule has 2 aromatic carbocycles. The molecule has 214 valence electrons. The molecule has 1 amide bonds. The number of carbonyl (C=O) groups is 2. The molecule has 1 atom stereocenters. The summed E-state index contributed by atoms with van der Waals surface area (Å²) in [4.78, 5) is 28.2. The van der Waals surface area contributed by atoms with Crippen molar-refractivity contribution in [2.24, 2.45) is 11.3 Å². The number of ketones is 1. The first-order valence-electron chi connectivity index (χ1n) is 14.4. The molecule has 0 saturated heterocycles. The van der Waals surface area contributed by atoms with E-state index in [1.165, 1.54) is 10.4 Å². The Morgan fingerprint density at radius 3 is 1.98 bits per heavy atom. The van der Waals surface area contributed by atoms with Crippen molar-refractivity contribution >= 4 is 30.6 Å². The third-order valence-corrected chi connectivity index (χ3v) is 13.1. The van der Waals surface area contributed by atoms with Gasteiger partial charge in [0.1, 0.15) is 11.4 Å². The van der Waals surface area contributed by atoms with E-state index in [-0.39, 0.29) is 22.8 Å². The van der Waals surface area contributed by atoms with E-state index in [4.69, 9.17) is 9.16 Å². The highest BCUT2D eigenvalue weighted by Gasteiger charge is 2.55. The van der Waals surface area contributed by atoms with Crippen molar-refractivity contribution in [1.29, 1.82) is 0 Å². The van der Waals surface area contributed by atoms with Gasteiger partial charge in [-0.05, 0) is 55.1 Å². The zero-order chi connectivity index (χ0) is 29.3. The van der Waals surface area contributed by atoms with Gasteiger partial charge in [0, 0.05) is 30.0 Å². The van der Waals surface area contributed by atoms with E-state index in [1.54, 1.807) is 4.90 Å². The number of rotatable bonds is 6. The molecule has 0 saturated carbocycles. The molecular formula is C34H45NO4Si. The van der Waals surface area contributed by atoms with Crippen LogP contribution in [-0.4, -0.2) is 37.2 Å². The minimum atomic E-state index is -2.86. The van der Waals surface area contributed by atoms with Crippen LogP contribution in [0.25, 0.3) is 0 Å². The number of allylic oxidation sites excluding steroid dienone is 3. The lowest BCUT2D eigenvalue weighted by Gasteiger charge is -2.48. The second-order valence-electron chi connectivity index (χ2n) is 13.6. The van der Waals surface area contributed by atoms with Crippen LogP contribution in [0.2, 0.25) is 5.04 Å². The fourth-order valence-electron chi connectivity index (χ4n) is 6.07. The zero-order valence-corrected chi connectivity index (χ0v) is 26.4.